The Morgan fingerprint density at radius 1 is 1.43 bits per heavy atom. The first-order valence-electron chi connectivity index (χ1n) is 6.07. The number of nitrogens with zero attached hydrogens (tertiary/aromatic N) is 1. The molecule has 0 saturated heterocycles. The molecule has 0 aromatic heterocycles. The van der Waals surface area contributed by atoms with Crippen molar-refractivity contribution in [3.63, 3.8) is 0 Å². The number of carbonyl (C=O) groups excluding carboxylic acids is 2. The Labute approximate surface area is 131 Å². The molecule has 1 aromatic carbocycles. The molecule has 1 aliphatic rings. The lowest BCUT2D eigenvalue weighted by atomic mass is 10.0. The zero-order valence-electron chi connectivity index (χ0n) is 11.8. The molecule has 112 valence electrons. The van der Waals surface area contributed by atoms with Crippen LogP contribution >= 0.6 is 23.4 Å². The average molecular weight is 328 g/mol. The number of halogens is 1. The number of thioether (sulfide) groups is 1. The lowest BCUT2D eigenvalue weighted by Crippen LogP contribution is -2.18. The zero-order chi connectivity index (χ0) is 15.6. The molecule has 1 heterocycles. The maximum Gasteiger partial charge on any atom is 0.513 e. The summed E-state index contributed by atoms with van der Waals surface area (Å²) in [7, 11) is 4.92. The first kappa shape index (κ1) is 15.7. The van der Waals surface area contributed by atoms with Crippen LogP contribution in [0.25, 0.3) is 0 Å². The molecule has 0 bridgehead atoms. The summed E-state index contributed by atoms with van der Waals surface area (Å²) in [5.74, 6) is 0.614. The Morgan fingerprint density at radius 3 is 2.76 bits per heavy atom. The van der Waals surface area contributed by atoms with Crippen molar-refractivity contribution >= 4 is 35.3 Å². The highest BCUT2D eigenvalue weighted by Crippen LogP contribution is 2.42. The molecule has 0 amide bonds. The Hall–Kier alpha value is -1.66. The maximum atomic E-state index is 12.5. The normalized spacial score (nSPS) is 15.6. The molecule has 5 nitrogen and oxygen atoms in total. The molecule has 0 saturated carbocycles. The summed E-state index contributed by atoms with van der Waals surface area (Å²) in [6.07, 6.45) is 0.935. The van der Waals surface area contributed by atoms with Gasteiger partial charge in [0.25, 0.3) is 0 Å². The predicted molar refractivity (Wildman–Crippen MR) is 81.3 cm³/mol. The van der Waals surface area contributed by atoms with Gasteiger partial charge in [0, 0.05) is 31.6 Å². The second kappa shape index (κ2) is 6.41. The Kier molecular flexibility index (Phi) is 4.80. The molecule has 0 radical (unpaired) electrons. The van der Waals surface area contributed by atoms with Gasteiger partial charge in [-0.05, 0) is 12.1 Å². The van der Waals surface area contributed by atoms with Gasteiger partial charge in [-0.1, -0.05) is 11.6 Å². The van der Waals surface area contributed by atoms with Gasteiger partial charge >= 0.3 is 6.16 Å². The molecule has 2 rings (SSSR count). The summed E-state index contributed by atoms with van der Waals surface area (Å²) in [5.41, 5.74) is 1.01. The van der Waals surface area contributed by atoms with E-state index in [1.165, 1.54) is 24.9 Å². The molecule has 1 aromatic rings. The third-order valence-corrected chi connectivity index (χ3v) is 4.20. The molecule has 0 spiro atoms. The van der Waals surface area contributed by atoms with Crippen molar-refractivity contribution in [1.29, 1.82) is 0 Å². The Balaban J connectivity index is 2.46. The number of rotatable bonds is 2. The van der Waals surface area contributed by atoms with Crippen molar-refractivity contribution in [2.24, 2.45) is 0 Å². The number of carbonyl (C=O) groups is 2. The largest absolute Gasteiger partial charge is 0.513 e. The molecule has 7 heteroatoms. The zero-order valence-corrected chi connectivity index (χ0v) is 13.4. The monoisotopic (exact) mass is 327 g/mol. The van der Waals surface area contributed by atoms with E-state index in [0.717, 1.165) is 0 Å². The summed E-state index contributed by atoms with van der Waals surface area (Å²) in [6.45, 7) is 0. The lowest BCUT2D eigenvalue weighted by molar-refractivity contribution is 0.102. The third kappa shape index (κ3) is 3.33. The highest BCUT2D eigenvalue weighted by Gasteiger charge is 2.29. The molecular weight excluding hydrogens is 314 g/mol. The van der Waals surface area contributed by atoms with E-state index in [2.05, 4.69) is 4.74 Å². The van der Waals surface area contributed by atoms with Crippen molar-refractivity contribution in [2.75, 3.05) is 27.0 Å². The van der Waals surface area contributed by atoms with E-state index in [1.807, 2.05) is 19.0 Å². The first-order valence-corrected chi connectivity index (χ1v) is 7.43. The molecule has 0 aliphatic carbocycles. The fourth-order valence-corrected chi connectivity index (χ4v) is 3.29. The average Bonchev–Trinajstić information content (AvgIpc) is 2.43. The minimum absolute atomic E-state index is 0.155. The number of fused-ring (bicyclic) bond motifs is 1. The van der Waals surface area contributed by atoms with Gasteiger partial charge in [0.2, 0.25) is 0 Å². The summed E-state index contributed by atoms with van der Waals surface area (Å²) >= 11 is 7.54. The lowest BCUT2D eigenvalue weighted by Gasteiger charge is -2.21. The number of benzene rings is 1. The highest BCUT2D eigenvalue weighted by atomic mass is 35.5. The molecule has 21 heavy (non-hydrogen) atoms. The predicted octanol–water partition coefficient (Wildman–Crippen LogP) is 3.22. The standard InChI is InChI=1S/C14H14ClNO4S/c1-16(2)6-8-7-21-13-10(20-14(18)19-3)5-4-9(15)11(13)12(8)17/h4-6H,7H2,1-3H3. The van der Waals surface area contributed by atoms with E-state index >= 15 is 0 Å². The molecule has 1 aliphatic heterocycles. The highest BCUT2D eigenvalue weighted by molar-refractivity contribution is 7.99. The van der Waals surface area contributed by atoms with E-state index in [4.69, 9.17) is 16.3 Å². The van der Waals surface area contributed by atoms with Crippen molar-refractivity contribution in [3.05, 3.63) is 34.5 Å². The van der Waals surface area contributed by atoms with Crippen LogP contribution in [-0.2, 0) is 4.74 Å². The van der Waals surface area contributed by atoms with Gasteiger partial charge in [0.05, 0.1) is 22.6 Å². The van der Waals surface area contributed by atoms with Crippen molar-refractivity contribution < 1.29 is 19.1 Å². The fourth-order valence-electron chi connectivity index (χ4n) is 1.89. The fraction of sp³-hybridized carbons (Fsp3) is 0.286. The number of hydrogen-bond donors (Lipinski definition) is 0. The van der Waals surface area contributed by atoms with Crippen LogP contribution in [0.5, 0.6) is 5.75 Å². The van der Waals surface area contributed by atoms with E-state index in [0.29, 0.717) is 26.8 Å². The van der Waals surface area contributed by atoms with Gasteiger partial charge in [0.15, 0.2) is 5.78 Å². The second-order valence-corrected chi connectivity index (χ2v) is 5.93. The van der Waals surface area contributed by atoms with Crippen molar-refractivity contribution in [3.8, 4) is 5.75 Å². The number of hydrogen-bond acceptors (Lipinski definition) is 6. The van der Waals surface area contributed by atoms with E-state index < -0.39 is 6.16 Å². The van der Waals surface area contributed by atoms with Gasteiger partial charge in [-0.15, -0.1) is 11.8 Å². The van der Waals surface area contributed by atoms with Crippen molar-refractivity contribution in [2.45, 2.75) is 4.90 Å². The summed E-state index contributed by atoms with van der Waals surface area (Å²) in [6, 6.07) is 3.09. The first-order chi connectivity index (χ1) is 9.93. The Bertz CT molecular complexity index is 628. The van der Waals surface area contributed by atoms with Crippen LogP contribution in [0, 0.1) is 0 Å². The van der Waals surface area contributed by atoms with Crippen LogP contribution in [-0.4, -0.2) is 43.8 Å². The van der Waals surface area contributed by atoms with Crippen LogP contribution in [0.15, 0.2) is 28.8 Å². The number of ether oxygens (including phenoxy) is 2. The van der Waals surface area contributed by atoms with Crippen LogP contribution in [0.2, 0.25) is 5.02 Å². The summed E-state index contributed by atoms with van der Waals surface area (Å²) < 4.78 is 9.53. The van der Waals surface area contributed by atoms with Crippen LogP contribution in [0.4, 0.5) is 4.79 Å². The minimum atomic E-state index is -0.831. The topological polar surface area (TPSA) is 55.8 Å². The SMILES string of the molecule is COC(=O)Oc1ccc(Cl)c2c1SCC(=CN(C)C)C2=O. The van der Waals surface area contributed by atoms with Gasteiger partial charge in [-0.25, -0.2) is 4.79 Å². The number of Topliss-reactive ketones (excluding diaryl/α,β-unsaturated/α-hetero) is 1. The third-order valence-electron chi connectivity index (χ3n) is 2.74. The van der Waals surface area contributed by atoms with Crippen LogP contribution in [0.1, 0.15) is 10.4 Å². The van der Waals surface area contributed by atoms with Gasteiger partial charge in [-0.2, -0.15) is 0 Å². The van der Waals surface area contributed by atoms with Gasteiger partial charge in [-0.3, -0.25) is 4.79 Å². The minimum Gasteiger partial charge on any atom is -0.437 e. The molecule has 0 atom stereocenters. The number of ketones is 1. The molecular formula is C14H14ClNO4S. The maximum absolute atomic E-state index is 12.5. The van der Waals surface area contributed by atoms with Gasteiger partial charge in [0.1, 0.15) is 5.75 Å². The summed E-state index contributed by atoms with van der Waals surface area (Å²) in [4.78, 5) is 26.1. The van der Waals surface area contributed by atoms with Crippen LogP contribution < -0.4 is 4.74 Å². The molecule has 0 fully saturated rings. The molecule has 0 unspecified atom stereocenters. The second-order valence-electron chi connectivity index (χ2n) is 4.54. The van der Waals surface area contributed by atoms with Crippen molar-refractivity contribution in [1.82, 2.24) is 4.90 Å². The van der Waals surface area contributed by atoms with E-state index in [1.54, 1.807) is 12.3 Å². The van der Waals surface area contributed by atoms with Crippen LogP contribution in [0.3, 0.4) is 0 Å². The van der Waals surface area contributed by atoms with E-state index in [-0.39, 0.29) is 11.5 Å². The summed E-state index contributed by atoms with van der Waals surface area (Å²) in [5, 5.41) is 0.337. The Morgan fingerprint density at radius 2 is 2.14 bits per heavy atom. The molecule has 0 N–H and O–H groups in total. The van der Waals surface area contributed by atoms with Gasteiger partial charge < -0.3 is 14.4 Å². The number of methoxy groups -OCH3 is 1. The smallest absolute Gasteiger partial charge is 0.437 e. The quantitative estimate of drug-likeness (QED) is 0.472. The van der Waals surface area contributed by atoms with E-state index in [9.17, 15) is 9.59 Å².